The summed E-state index contributed by atoms with van der Waals surface area (Å²) in [6.07, 6.45) is 3.12. The van der Waals surface area contributed by atoms with Crippen molar-refractivity contribution in [2.75, 3.05) is 0 Å². The van der Waals surface area contributed by atoms with Gasteiger partial charge in [-0.2, -0.15) is 0 Å². The van der Waals surface area contributed by atoms with Crippen molar-refractivity contribution < 1.29 is 0 Å². The smallest absolute Gasteiger partial charge is 0.268 e. The summed E-state index contributed by atoms with van der Waals surface area (Å²) < 4.78 is 1.25. The first-order chi connectivity index (χ1) is 8.77. The van der Waals surface area contributed by atoms with Crippen molar-refractivity contribution in [2.24, 2.45) is 0 Å². The molecular formula is C13H9N3OS. The van der Waals surface area contributed by atoms with Crippen LogP contribution in [-0.2, 0) is 0 Å². The third-order valence-corrected chi connectivity index (χ3v) is 3.05. The van der Waals surface area contributed by atoms with Gasteiger partial charge in [-0.15, -0.1) is 0 Å². The summed E-state index contributed by atoms with van der Waals surface area (Å²) in [7, 11) is 0. The summed E-state index contributed by atoms with van der Waals surface area (Å²) in [6.45, 7) is 0. The Morgan fingerprint density at radius 3 is 2.67 bits per heavy atom. The molecule has 0 saturated carbocycles. The van der Waals surface area contributed by atoms with Crippen LogP contribution in [0.4, 0.5) is 0 Å². The molecule has 1 aromatic carbocycles. The van der Waals surface area contributed by atoms with Crippen LogP contribution in [0.5, 0.6) is 0 Å². The summed E-state index contributed by atoms with van der Waals surface area (Å²) in [6, 6.07) is 11.2. The van der Waals surface area contributed by atoms with E-state index >= 15 is 0 Å². The molecule has 0 radical (unpaired) electrons. The molecule has 5 heteroatoms. The normalized spacial score (nSPS) is 10.7. The van der Waals surface area contributed by atoms with Gasteiger partial charge in [-0.3, -0.25) is 9.78 Å². The van der Waals surface area contributed by atoms with Gasteiger partial charge in [0.15, 0.2) is 5.82 Å². The van der Waals surface area contributed by atoms with Crippen LogP contribution in [0, 0.1) is 0 Å². The number of benzene rings is 1. The molecule has 0 saturated heterocycles. The van der Waals surface area contributed by atoms with Gasteiger partial charge in [-0.1, -0.05) is 43.1 Å². The molecule has 2 heterocycles. The van der Waals surface area contributed by atoms with E-state index in [1.165, 1.54) is 10.2 Å². The number of hydrogen-bond acceptors (Lipinski definition) is 4. The fraction of sp³-hybridized carbons (Fsp3) is 0. The molecule has 0 N–H and O–H groups in total. The van der Waals surface area contributed by atoms with Crippen LogP contribution in [0.1, 0.15) is 0 Å². The van der Waals surface area contributed by atoms with E-state index in [1.54, 1.807) is 12.3 Å². The minimum Gasteiger partial charge on any atom is -0.268 e. The zero-order chi connectivity index (χ0) is 12.5. The molecule has 0 atom stereocenters. The van der Waals surface area contributed by atoms with Gasteiger partial charge in [0.25, 0.3) is 5.56 Å². The average Bonchev–Trinajstić information content (AvgIpc) is 2.44. The maximum atomic E-state index is 12.1. The molecule has 18 heavy (non-hydrogen) atoms. The van der Waals surface area contributed by atoms with E-state index in [0.717, 1.165) is 5.56 Å². The van der Waals surface area contributed by atoms with Gasteiger partial charge >= 0.3 is 0 Å². The minimum absolute atomic E-state index is 0.213. The molecule has 3 rings (SSSR count). The average molecular weight is 255 g/mol. The predicted octanol–water partition coefficient (Wildman–Crippen LogP) is 2.15. The second-order valence-electron chi connectivity index (χ2n) is 3.81. The highest BCUT2D eigenvalue weighted by Gasteiger charge is 2.09. The van der Waals surface area contributed by atoms with Gasteiger partial charge < -0.3 is 0 Å². The molecular weight excluding hydrogens is 246 g/mol. The number of rotatable bonds is 1. The molecule has 0 bridgehead atoms. The predicted molar refractivity (Wildman–Crippen MR) is 73.6 cm³/mol. The van der Waals surface area contributed by atoms with Crippen LogP contribution in [-0.4, -0.2) is 13.9 Å². The molecule has 3 aromatic rings. The molecule has 0 aliphatic heterocycles. The second kappa shape index (κ2) is 4.27. The van der Waals surface area contributed by atoms with Gasteiger partial charge in [0, 0.05) is 18.0 Å². The minimum atomic E-state index is -0.213. The monoisotopic (exact) mass is 255 g/mol. The van der Waals surface area contributed by atoms with Gasteiger partial charge in [-0.25, -0.2) is 8.96 Å². The Kier molecular flexibility index (Phi) is 2.60. The van der Waals surface area contributed by atoms with Crippen LogP contribution in [0.15, 0.2) is 53.6 Å². The molecule has 0 aliphatic carbocycles. The molecule has 0 unspecified atom stereocenters. The largest absolute Gasteiger partial charge is 0.273 e. The van der Waals surface area contributed by atoms with E-state index < -0.39 is 0 Å². The van der Waals surface area contributed by atoms with Gasteiger partial charge in [0.2, 0.25) is 0 Å². The number of pyridine rings is 1. The number of hydrogen-bond donors (Lipinski definition) is 1. The third kappa shape index (κ3) is 1.69. The van der Waals surface area contributed by atoms with Crippen LogP contribution >= 0.6 is 12.8 Å². The zero-order valence-electron chi connectivity index (χ0n) is 9.32. The first kappa shape index (κ1) is 11.0. The van der Waals surface area contributed by atoms with Crippen molar-refractivity contribution >= 4 is 23.7 Å². The number of nitrogens with zero attached hydrogens (tertiary/aromatic N) is 3. The summed E-state index contributed by atoms with van der Waals surface area (Å²) in [5, 5.41) is 0.465. The zero-order valence-corrected chi connectivity index (χ0v) is 10.2. The fourth-order valence-electron chi connectivity index (χ4n) is 1.80. The highest BCUT2D eigenvalue weighted by molar-refractivity contribution is 7.78. The van der Waals surface area contributed by atoms with Crippen molar-refractivity contribution in [3.05, 3.63) is 59.1 Å². The van der Waals surface area contributed by atoms with Crippen molar-refractivity contribution in [2.45, 2.75) is 0 Å². The molecule has 88 valence electrons. The fourth-order valence-corrected chi connectivity index (χ4v) is 2.06. The number of fused-ring (bicyclic) bond motifs is 1. The Labute approximate surface area is 108 Å². The van der Waals surface area contributed by atoms with Crippen LogP contribution in [0.3, 0.4) is 0 Å². The summed E-state index contributed by atoms with van der Waals surface area (Å²) in [5.41, 5.74) is 1.26. The Morgan fingerprint density at radius 2 is 1.89 bits per heavy atom. The Bertz CT molecular complexity index is 768. The van der Waals surface area contributed by atoms with E-state index in [4.69, 9.17) is 0 Å². The highest BCUT2D eigenvalue weighted by Crippen LogP contribution is 2.18. The lowest BCUT2D eigenvalue weighted by molar-refractivity contribution is 1.11. The third-order valence-electron chi connectivity index (χ3n) is 2.68. The standard InChI is InChI=1S/C13H9N3OS/c17-13-10-8-14-7-6-11(10)15-12(16(13)18)9-4-2-1-3-5-9/h1-8,18H. The maximum absolute atomic E-state index is 12.1. The number of thiol groups is 1. The van der Waals surface area contributed by atoms with Crippen LogP contribution in [0.2, 0.25) is 0 Å². The van der Waals surface area contributed by atoms with Crippen molar-refractivity contribution in [1.29, 1.82) is 0 Å². The summed E-state index contributed by atoms with van der Waals surface area (Å²) in [5.74, 6) is 0.530. The highest BCUT2D eigenvalue weighted by atomic mass is 32.1. The van der Waals surface area contributed by atoms with Gasteiger partial charge in [0.05, 0.1) is 10.9 Å². The first-order valence-corrected chi connectivity index (χ1v) is 5.79. The molecule has 0 amide bonds. The molecule has 0 fully saturated rings. The summed E-state index contributed by atoms with van der Waals surface area (Å²) in [4.78, 5) is 20.5. The number of aromatic nitrogens is 3. The van der Waals surface area contributed by atoms with Crippen molar-refractivity contribution in [1.82, 2.24) is 13.9 Å². The molecule has 2 aromatic heterocycles. The van der Waals surface area contributed by atoms with Gasteiger partial charge in [0.1, 0.15) is 0 Å². The maximum Gasteiger partial charge on any atom is 0.273 e. The second-order valence-corrected chi connectivity index (χ2v) is 4.21. The Balaban J connectivity index is 2.38. The van der Waals surface area contributed by atoms with Crippen molar-refractivity contribution in [3.63, 3.8) is 0 Å². The Morgan fingerprint density at radius 1 is 1.11 bits per heavy atom. The van der Waals surface area contributed by atoms with Crippen LogP contribution in [0.25, 0.3) is 22.3 Å². The topological polar surface area (TPSA) is 47.8 Å². The first-order valence-electron chi connectivity index (χ1n) is 5.39. The lowest BCUT2D eigenvalue weighted by Crippen LogP contribution is -2.16. The van der Waals surface area contributed by atoms with Crippen LogP contribution < -0.4 is 5.56 Å². The van der Waals surface area contributed by atoms with E-state index in [2.05, 4.69) is 22.8 Å². The molecule has 0 aliphatic rings. The summed E-state index contributed by atoms with van der Waals surface area (Å²) >= 11 is 4.21. The quantitative estimate of drug-likeness (QED) is 0.678. The van der Waals surface area contributed by atoms with E-state index in [1.807, 2.05) is 30.3 Å². The van der Waals surface area contributed by atoms with E-state index in [9.17, 15) is 4.79 Å². The molecule has 4 nitrogen and oxygen atoms in total. The van der Waals surface area contributed by atoms with E-state index in [0.29, 0.717) is 16.7 Å². The lowest BCUT2D eigenvalue weighted by Gasteiger charge is -2.07. The van der Waals surface area contributed by atoms with Gasteiger partial charge in [-0.05, 0) is 6.07 Å². The lowest BCUT2D eigenvalue weighted by atomic mass is 10.2. The Hall–Kier alpha value is -2.14. The SMILES string of the molecule is O=c1c2cnccc2nc(-c2ccccc2)n1S. The van der Waals surface area contributed by atoms with E-state index in [-0.39, 0.29) is 5.56 Å². The van der Waals surface area contributed by atoms with Crippen molar-refractivity contribution in [3.8, 4) is 11.4 Å². The molecule has 0 spiro atoms.